The van der Waals surface area contributed by atoms with E-state index in [-0.39, 0.29) is 0 Å². The first-order chi connectivity index (χ1) is 15.1. The molecule has 0 atom stereocenters. The Morgan fingerprint density at radius 3 is 2.39 bits per heavy atom. The van der Waals surface area contributed by atoms with Gasteiger partial charge in [-0.15, -0.1) is 0 Å². The molecule has 6 heteroatoms. The van der Waals surface area contributed by atoms with Crippen LogP contribution in [0.1, 0.15) is 27.0 Å². The predicted molar refractivity (Wildman–Crippen MR) is 116 cm³/mol. The number of rotatable bonds is 4. The van der Waals surface area contributed by atoms with Crippen molar-refractivity contribution in [1.82, 2.24) is 5.32 Å². The molecule has 0 aliphatic carbocycles. The SMILES string of the molecule is N#CCc1ccc(NC=C2C(=O)NC(=O)c3ccc(-c4cccc(C#N)c4)cc32)cc1. The molecule has 3 aromatic rings. The van der Waals surface area contributed by atoms with Crippen LogP contribution in [0.25, 0.3) is 16.7 Å². The number of nitrogens with one attached hydrogen (secondary N) is 2. The van der Waals surface area contributed by atoms with Crippen molar-refractivity contribution < 1.29 is 9.59 Å². The zero-order valence-corrected chi connectivity index (χ0v) is 16.3. The molecule has 2 amide bonds. The topological polar surface area (TPSA) is 106 Å². The van der Waals surface area contributed by atoms with Gasteiger partial charge in [0.25, 0.3) is 11.8 Å². The number of carbonyl (C=O) groups is 2. The number of imide groups is 1. The average Bonchev–Trinajstić information content (AvgIpc) is 2.80. The van der Waals surface area contributed by atoms with Crippen molar-refractivity contribution in [3.05, 3.63) is 95.2 Å². The Morgan fingerprint density at radius 2 is 1.65 bits per heavy atom. The minimum Gasteiger partial charge on any atom is -0.361 e. The maximum Gasteiger partial charge on any atom is 0.260 e. The van der Waals surface area contributed by atoms with Crippen molar-refractivity contribution in [2.45, 2.75) is 6.42 Å². The van der Waals surface area contributed by atoms with E-state index in [1.165, 1.54) is 0 Å². The number of anilines is 1. The summed E-state index contributed by atoms with van der Waals surface area (Å²) in [5.74, 6) is -0.940. The normalized spacial score (nSPS) is 13.7. The molecule has 0 saturated heterocycles. The van der Waals surface area contributed by atoms with Crippen LogP contribution < -0.4 is 10.6 Å². The van der Waals surface area contributed by atoms with Gasteiger partial charge in [0.15, 0.2) is 0 Å². The Kier molecular flexibility index (Phi) is 5.29. The van der Waals surface area contributed by atoms with Crippen molar-refractivity contribution in [3.8, 4) is 23.3 Å². The smallest absolute Gasteiger partial charge is 0.260 e. The number of carbonyl (C=O) groups excluding carboxylic acids is 2. The molecule has 1 aliphatic heterocycles. The van der Waals surface area contributed by atoms with E-state index in [9.17, 15) is 9.59 Å². The molecule has 0 spiro atoms. The highest BCUT2D eigenvalue weighted by atomic mass is 16.2. The van der Waals surface area contributed by atoms with Gasteiger partial charge in [0.2, 0.25) is 0 Å². The summed E-state index contributed by atoms with van der Waals surface area (Å²) in [6, 6.07) is 23.9. The molecule has 1 aliphatic rings. The van der Waals surface area contributed by atoms with Gasteiger partial charge in [0.05, 0.1) is 29.7 Å². The molecule has 4 rings (SSSR count). The summed E-state index contributed by atoms with van der Waals surface area (Å²) in [6.07, 6.45) is 1.89. The fourth-order valence-corrected chi connectivity index (χ4v) is 3.38. The van der Waals surface area contributed by atoms with Gasteiger partial charge in [-0.25, -0.2) is 0 Å². The third-order valence-electron chi connectivity index (χ3n) is 4.97. The second-order valence-electron chi connectivity index (χ2n) is 6.97. The van der Waals surface area contributed by atoms with E-state index < -0.39 is 11.8 Å². The van der Waals surface area contributed by atoms with Gasteiger partial charge in [-0.1, -0.05) is 30.3 Å². The van der Waals surface area contributed by atoms with Crippen LogP contribution in [0.5, 0.6) is 0 Å². The number of nitriles is 2. The molecule has 0 bridgehead atoms. The van der Waals surface area contributed by atoms with Crippen LogP contribution >= 0.6 is 0 Å². The average molecular weight is 404 g/mol. The maximum absolute atomic E-state index is 12.6. The lowest BCUT2D eigenvalue weighted by molar-refractivity contribution is -0.114. The molecule has 6 nitrogen and oxygen atoms in total. The van der Waals surface area contributed by atoms with Crippen LogP contribution in [0.4, 0.5) is 5.69 Å². The number of hydrogen-bond donors (Lipinski definition) is 2. The predicted octanol–water partition coefficient (Wildman–Crippen LogP) is 4.01. The fraction of sp³-hybridized carbons (Fsp3) is 0.0400. The minimum atomic E-state index is -0.492. The van der Waals surface area contributed by atoms with Crippen LogP contribution in [0, 0.1) is 22.7 Å². The lowest BCUT2D eigenvalue weighted by atomic mass is 9.91. The van der Waals surface area contributed by atoms with E-state index in [0.717, 1.165) is 22.4 Å². The summed E-state index contributed by atoms with van der Waals surface area (Å²) in [5, 5.41) is 23.4. The molecule has 3 aromatic carbocycles. The molecule has 0 radical (unpaired) electrons. The first-order valence-corrected chi connectivity index (χ1v) is 9.52. The van der Waals surface area contributed by atoms with Crippen molar-refractivity contribution in [2.24, 2.45) is 0 Å². The molecule has 0 unspecified atom stereocenters. The second-order valence-corrected chi connectivity index (χ2v) is 6.97. The monoisotopic (exact) mass is 404 g/mol. The van der Waals surface area contributed by atoms with Crippen molar-refractivity contribution in [2.75, 3.05) is 5.32 Å². The van der Waals surface area contributed by atoms with Gasteiger partial charge in [0, 0.05) is 23.0 Å². The van der Waals surface area contributed by atoms with Gasteiger partial charge >= 0.3 is 0 Å². The number of fused-ring (bicyclic) bond motifs is 1. The van der Waals surface area contributed by atoms with Crippen LogP contribution in [-0.2, 0) is 11.2 Å². The lowest BCUT2D eigenvalue weighted by Gasteiger charge is -2.19. The molecule has 0 fully saturated rings. The Morgan fingerprint density at radius 1 is 0.871 bits per heavy atom. The summed E-state index contributed by atoms with van der Waals surface area (Å²) in [7, 11) is 0. The van der Waals surface area contributed by atoms with Crippen molar-refractivity contribution >= 4 is 23.1 Å². The first-order valence-electron chi connectivity index (χ1n) is 9.52. The summed E-state index contributed by atoms with van der Waals surface area (Å²) >= 11 is 0. The van der Waals surface area contributed by atoms with E-state index in [2.05, 4.69) is 22.8 Å². The summed E-state index contributed by atoms with van der Waals surface area (Å²) in [6.45, 7) is 0. The summed E-state index contributed by atoms with van der Waals surface area (Å²) in [5.41, 5.74) is 5.04. The largest absolute Gasteiger partial charge is 0.361 e. The molecular formula is C25H16N4O2. The van der Waals surface area contributed by atoms with Gasteiger partial charge < -0.3 is 5.32 Å². The highest BCUT2D eigenvalue weighted by Gasteiger charge is 2.27. The minimum absolute atomic E-state index is 0.328. The quantitative estimate of drug-likeness (QED) is 0.505. The van der Waals surface area contributed by atoms with Crippen molar-refractivity contribution in [1.29, 1.82) is 10.5 Å². The Hall–Kier alpha value is -4.68. The van der Waals surface area contributed by atoms with Crippen molar-refractivity contribution in [3.63, 3.8) is 0 Å². The Labute approximate surface area is 179 Å². The number of nitrogens with zero attached hydrogens (tertiary/aromatic N) is 2. The fourth-order valence-electron chi connectivity index (χ4n) is 3.38. The van der Waals surface area contributed by atoms with Crippen LogP contribution in [0.2, 0.25) is 0 Å². The van der Waals surface area contributed by atoms with Gasteiger partial charge in [-0.2, -0.15) is 10.5 Å². The van der Waals surface area contributed by atoms with Crippen LogP contribution in [0.15, 0.2) is 72.9 Å². The second kappa shape index (κ2) is 8.36. The van der Waals surface area contributed by atoms with Crippen LogP contribution in [-0.4, -0.2) is 11.8 Å². The molecule has 1 heterocycles. The summed E-state index contributed by atoms with van der Waals surface area (Å²) in [4.78, 5) is 24.9. The zero-order valence-electron chi connectivity index (χ0n) is 16.3. The highest BCUT2D eigenvalue weighted by Crippen LogP contribution is 2.30. The maximum atomic E-state index is 12.6. The number of benzene rings is 3. The molecule has 31 heavy (non-hydrogen) atoms. The third kappa shape index (κ3) is 4.05. The van der Waals surface area contributed by atoms with E-state index in [1.807, 2.05) is 30.3 Å². The summed E-state index contributed by atoms with van der Waals surface area (Å²) < 4.78 is 0. The molecule has 148 valence electrons. The Balaban J connectivity index is 1.71. The molecular weight excluding hydrogens is 388 g/mol. The number of hydrogen-bond acceptors (Lipinski definition) is 5. The van der Waals surface area contributed by atoms with E-state index in [4.69, 9.17) is 10.5 Å². The molecule has 0 saturated carbocycles. The van der Waals surface area contributed by atoms with Gasteiger partial charge in [-0.3, -0.25) is 14.9 Å². The highest BCUT2D eigenvalue weighted by molar-refractivity contribution is 6.31. The van der Waals surface area contributed by atoms with E-state index >= 15 is 0 Å². The van der Waals surface area contributed by atoms with Gasteiger partial charge in [0.1, 0.15) is 0 Å². The third-order valence-corrected chi connectivity index (χ3v) is 4.97. The Bertz CT molecular complexity index is 1310. The van der Waals surface area contributed by atoms with Gasteiger partial charge in [-0.05, 0) is 53.1 Å². The number of amides is 2. The van der Waals surface area contributed by atoms with E-state index in [1.54, 1.807) is 42.6 Å². The lowest BCUT2D eigenvalue weighted by Crippen LogP contribution is -2.36. The standard InChI is InChI=1S/C25H16N4O2/c26-11-10-16-4-7-20(8-5-16)28-15-23-22-13-19(18-3-1-2-17(12-18)14-27)6-9-21(22)24(30)29-25(23)31/h1-9,12-13,15,28H,10H2,(H,29,30,31). The van der Waals surface area contributed by atoms with Crippen LogP contribution in [0.3, 0.4) is 0 Å². The molecule has 0 aromatic heterocycles. The molecule has 2 N–H and O–H groups in total. The first kappa shape index (κ1) is 19.6. The zero-order chi connectivity index (χ0) is 21.8. The van der Waals surface area contributed by atoms with E-state index in [0.29, 0.717) is 28.7 Å².